The molecule has 9 heteroatoms. The quantitative estimate of drug-likeness (QED) is 0.602. The van der Waals surface area contributed by atoms with Gasteiger partial charge in [0.15, 0.2) is 11.5 Å². The minimum Gasteiger partial charge on any atom is -0.497 e. The van der Waals surface area contributed by atoms with Crippen LogP contribution in [0.4, 0.5) is 5.82 Å². The van der Waals surface area contributed by atoms with Crippen molar-refractivity contribution in [1.82, 2.24) is 20.2 Å². The second-order valence-electron chi connectivity index (χ2n) is 9.31. The lowest BCUT2D eigenvalue weighted by molar-refractivity contribution is -0.131. The summed E-state index contributed by atoms with van der Waals surface area (Å²) in [5.74, 6) is 0.938. The normalized spacial score (nSPS) is 16.7. The van der Waals surface area contributed by atoms with Crippen molar-refractivity contribution in [1.29, 1.82) is 0 Å². The fourth-order valence-corrected chi connectivity index (χ4v) is 4.81. The number of carbonyl (C=O) groups is 3. The SMILES string of the molecule is COc1ccc(CC(=O)N2CCC(NC(=O)c3nccnc3NC(=O)CC3CCCC3)CC2)cc1. The molecule has 0 atom stereocenters. The number of rotatable bonds is 8. The molecule has 1 saturated heterocycles. The van der Waals surface area contributed by atoms with E-state index in [1.165, 1.54) is 25.2 Å². The van der Waals surface area contributed by atoms with E-state index in [9.17, 15) is 14.4 Å². The molecule has 2 aliphatic rings. The third-order valence-corrected chi connectivity index (χ3v) is 6.82. The van der Waals surface area contributed by atoms with Gasteiger partial charge >= 0.3 is 0 Å². The molecule has 0 spiro atoms. The van der Waals surface area contributed by atoms with Gasteiger partial charge in [0.2, 0.25) is 11.8 Å². The average Bonchev–Trinajstić information content (AvgIpc) is 3.38. The van der Waals surface area contributed by atoms with Gasteiger partial charge in [-0.15, -0.1) is 0 Å². The molecule has 0 bridgehead atoms. The standard InChI is InChI=1S/C26H33N5O4/c1-35-21-8-6-19(7-9-21)17-23(33)31-14-10-20(11-15-31)29-26(34)24-25(28-13-12-27-24)30-22(32)16-18-4-2-3-5-18/h6-9,12-13,18,20H,2-5,10-11,14-17H2,1H3,(H,29,34)(H,28,30,32). The maximum absolute atomic E-state index is 12.9. The number of ether oxygens (including phenoxy) is 1. The molecule has 186 valence electrons. The predicted molar refractivity (Wildman–Crippen MR) is 131 cm³/mol. The first kappa shape index (κ1) is 24.6. The Morgan fingerprint density at radius 2 is 1.69 bits per heavy atom. The van der Waals surface area contributed by atoms with Crippen molar-refractivity contribution >= 4 is 23.5 Å². The van der Waals surface area contributed by atoms with Crippen molar-refractivity contribution in [2.75, 3.05) is 25.5 Å². The van der Waals surface area contributed by atoms with E-state index in [4.69, 9.17) is 4.74 Å². The summed E-state index contributed by atoms with van der Waals surface area (Å²) in [6.45, 7) is 1.15. The van der Waals surface area contributed by atoms with Gasteiger partial charge in [-0.05, 0) is 49.3 Å². The highest BCUT2D eigenvalue weighted by Gasteiger charge is 2.26. The molecule has 1 saturated carbocycles. The number of carbonyl (C=O) groups excluding carboxylic acids is 3. The van der Waals surface area contributed by atoms with E-state index in [1.54, 1.807) is 7.11 Å². The molecule has 2 heterocycles. The fraction of sp³-hybridized carbons (Fsp3) is 0.500. The summed E-state index contributed by atoms with van der Waals surface area (Å²) in [5.41, 5.74) is 1.06. The van der Waals surface area contributed by atoms with Gasteiger partial charge in [-0.3, -0.25) is 14.4 Å². The Labute approximate surface area is 205 Å². The number of likely N-dealkylation sites (tertiary alicyclic amines) is 1. The first-order chi connectivity index (χ1) is 17.0. The molecule has 1 aromatic heterocycles. The first-order valence-electron chi connectivity index (χ1n) is 12.3. The van der Waals surface area contributed by atoms with E-state index in [1.807, 2.05) is 29.2 Å². The van der Waals surface area contributed by atoms with Crippen molar-refractivity contribution < 1.29 is 19.1 Å². The molecular weight excluding hydrogens is 446 g/mol. The maximum atomic E-state index is 12.9. The highest BCUT2D eigenvalue weighted by Crippen LogP contribution is 2.27. The van der Waals surface area contributed by atoms with Crippen LogP contribution in [-0.2, 0) is 16.0 Å². The van der Waals surface area contributed by atoms with Crippen LogP contribution < -0.4 is 15.4 Å². The Bertz CT molecular complexity index is 1030. The van der Waals surface area contributed by atoms with Gasteiger partial charge < -0.3 is 20.3 Å². The lowest BCUT2D eigenvalue weighted by atomic mass is 10.0. The molecule has 0 radical (unpaired) electrons. The summed E-state index contributed by atoms with van der Waals surface area (Å²) in [4.78, 5) is 48.2. The maximum Gasteiger partial charge on any atom is 0.273 e. The minimum absolute atomic E-state index is 0.0705. The number of hydrogen-bond acceptors (Lipinski definition) is 6. The monoisotopic (exact) mass is 479 g/mol. The Morgan fingerprint density at radius 1 is 1.00 bits per heavy atom. The predicted octanol–water partition coefficient (Wildman–Crippen LogP) is 2.97. The molecule has 2 fully saturated rings. The van der Waals surface area contributed by atoms with E-state index >= 15 is 0 Å². The van der Waals surface area contributed by atoms with Gasteiger partial charge in [-0.2, -0.15) is 0 Å². The van der Waals surface area contributed by atoms with Gasteiger partial charge in [0.1, 0.15) is 5.75 Å². The summed E-state index contributed by atoms with van der Waals surface area (Å²) in [7, 11) is 1.61. The third kappa shape index (κ3) is 6.77. The Morgan fingerprint density at radius 3 is 2.37 bits per heavy atom. The zero-order chi connectivity index (χ0) is 24.6. The molecule has 3 amide bonds. The molecule has 2 aromatic rings. The van der Waals surface area contributed by atoms with Gasteiger partial charge in [0, 0.05) is 37.9 Å². The lowest BCUT2D eigenvalue weighted by Crippen LogP contribution is -2.47. The van der Waals surface area contributed by atoms with Crippen LogP contribution >= 0.6 is 0 Å². The second kappa shape index (κ2) is 11.8. The number of amides is 3. The third-order valence-electron chi connectivity index (χ3n) is 6.82. The van der Waals surface area contributed by atoms with Crippen molar-refractivity contribution in [3.05, 3.63) is 47.9 Å². The number of anilines is 1. The van der Waals surface area contributed by atoms with Gasteiger partial charge in [-0.25, -0.2) is 9.97 Å². The van der Waals surface area contributed by atoms with Crippen molar-refractivity contribution in [3.8, 4) is 5.75 Å². The second-order valence-corrected chi connectivity index (χ2v) is 9.31. The van der Waals surface area contributed by atoms with Crippen LogP contribution in [-0.4, -0.2) is 58.8 Å². The molecular formula is C26H33N5O4. The molecule has 4 rings (SSSR count). The van der Waals surface area contributed by atoms with Gasteiger partial charge in [-0.1, -0.05) is 25.0 Å². The minimum atomic E-state index is -0.364. The number of aromatic nitrogens is 2. The van der Waals surface area contributed by atoms with E-state index in [-0.39, 0.29) is 35.3 Å². The molecule has 1 aliphatic carbocycles. The molecule has 2 N–H and O–H groups in total. The van der Waals surface area contributed by atoms with Crippen molar-refractivity contribution in [3.63, 3.8) is 0 Å². The van der Waals surface area contributed by atoms with Crippen LogP contribution in [0.3, 0.4) is 0 Å². The summed E-state index contributed by atoms with van der Waals surface area (Å²) in [6.07, 6.45) is 9.49. The number of nitrogens with one attached hydrogen (secondary N) is 2. The molecule has 1 aliphatic heterocycles. The van der Waals surface area contributed by atoms with Crippen molar-refractivity contribution in [2.24, 2.45) is 5.92 Å². The smallest absolute Gasteiger partial charge is 0.273 e. The Balaban J connectivity index is 1.26. The van der Waals surface area contributed by atoms with Crippen LogP contribution in [0.25, 0.3) is 0 Å². The van der Waals surface area contributed by atoms with Crippen LogP contribution in [0.2, 0.25) is 0 Å². The van der Waals surface area contributed by atoms with Gasteiger partial charge in [0.05, 0.1) is 13.5 Å². The van der Waals surface area contributed by atoms with Crippen LogP contribution in [0.5, 0.6) is 5.75 Å². The van der Waals surface area contributed by atoms with Crippen LogP contribution in [0, 0.1) is 5.92 Å². The Hall–Kier alpha value is -3.49. The molecule has 1 aromatic carbocycles. The van der Waals surface area contributed by atoms with Gasteiger partial charge in [0.25, 0.3) is 5.91 Å². The number of hydrogen-bond donors (Lipinski definition) is 2. The van der Waals surface area contributed by atoms with Crippen molar-refractivity contribution in [2.45, 2.75) is 57.4 Å². The van der Waals surface area contributed by atoms with E-state index in [2.05, 4.69) is 20.6 Å². The largest absolute Gasteiger partial charge is 0.497 e. The number of benzene rings is 1. The summed E-state index contributed by atoms with van der Waals surface area (Å²) < 4.78 is 5.16. The number of piperidine rings is 1. The summed E-state index contributed by atoms with van der Waals surface area (Å²) >= 11 is 0. The Kier molecular flexibility index (Phi) is 8.28. The van der Waals surface area contributed by atoms with E-state index in [0.717, 1.165) is 24.2 Å². The molecule has 9 nitrogen and oxygen atoms in total. The number of nitrogens with zero attached hydrogens (tertiary/aromatic N) is 3. The average molecular weight is 480 g/mol. The highest BCUT2D eigenvalue weighted by atomic mass is 16.5. The van der Waals surface area contributed by atoms with Crippen LogP contribution in [0.15, 0.2) is 36.7 Å². The lowest BCUT2D eigenvalue weighted by Gasteiger charge is -2.32. The topological polar surface area (TPSA) is 114 Å². The fourth-order valence-electron chi connectivity index (χ4n) is 4.81. The molecule has 35 heavy (non-hydrogen) atoms. The summed E-state index contributed by atoms with van der Waals surface area (Å²) in [6, 6.07) is 7.42. The molecule has 0 unspecified atom stereocenters. The highest BCUT2D eigenvalue weighted by molar-refractivity contribution is 6.01. The summed E-state index contributed by atoms with van der Waals surface area (Å²) in [5, 5.41) is 5.77. The zero-order valence-corrected chi connectivity index (χ0v) is 20.2. The first-order valence-corrected chi connectivity index (χ1v) is 12.3. The van der Waals surface area contributed by atoms with Crippen LogP contribution in [0.1, 0.15) is 61.0 Å². The van der Waals surface area contributed by atoms with E-state index in [0.29, 0.717) is 44.7 Å². The van der Waals surface area contributed by atoms with E-state index < -0.39 is 0 Å². The number of methoxy groups -OCH3 is 1. The zero-order valence-electron chi connectivity index (χ0n) is 20.2.